The topological polar surface area (TPSA) is 210 Å². The van der Waals surface area contributed by atoms with Crippen molar-refractivity contribution >= 4 is 57.3 Å². The quantitative estimate of drug-likeness (QED) is 0.126. The van der Waals surface area contributed by atoms with Gasteiger partial charge in [0.25, 0.3) is 11.8 Å². The van der Waals surface area contributed by atoms with Crippen molar-refractivity contribution in [2.45, 2.75) is 63.7 Å². The number of hydrogen-bond acceptors (Lipinski definition) is 10. The fourth-order valence-electron chi connectivity index (χ4n) is 3.91. The number of carbonyl (C=O) groups is 6. The third-order valence-electron chi connectivity index (χ3n) is 6.02. The summed E-state index contributed by atoms with van der Waals surface area (Å²) >= 11 is 0. The molecule has 0 spiro atoms. The molecule has 1 saturated heterocycles. The van der Waals surface area contributed by atoms with Gasteiger partial charge in [0.05, 0.1) is 18.8 Å². The van der Waals surface area contributed by atoms with Crippen LogP contribution in [0, 0.1) is 0 Å². The molecule has 2 rings (SSSR count). The van der Waals surface area contributed by atoms with Crippen LogP contribution in [0.4, 0.5) is 13.6 Å². The zero-order chi connectivity index (χ0) is 32.2. The van der Waals surface area contributed by atoms with E-state index < -0.39 is 72.7 Å². The molecule has 1 fully saturated rings. The van der Waals surface area contributed by atoms with Gasteiger partial charge in [0.2, 0.25) is 17.7 Å². The number of pyridine rings is 1. The standard InChI is InChI=1S/C25H34F2N6O8S2/c1-14-10-25(26,27)13-33(14)22(37)15(2)31-21(36)16-5-6-29-17(9-16)11-30-19(34)3-4-20(35)32-18(23(38)39)12-43-42-8-7-41-24(28)40/h5-6,9,14-15,18H,3-4,7-8,10-13H2,1-2H3,(H2,28,40)(H,30,34)(H,31,36)(H,32,35)(H,38,39)/t14-,15-,18?/m1/s1. The third-order valence-corrected chi connectivity index (χ3v) is 8.39. The molecule has 0 radical (unpaired) electrons. The molecule has 3 atom stereocenters. The molecule has 6 N–H and O–H groups in total. The van der Waals surface area contributed by atoms with E-state index in [0.29, 0.717) is 11.4 Å². The molecule has 0 aliphatic carbocycles. The summed E-state index contributed by atoms with van der Waals surface area (Å²) in [6.45, 7) is 2.20. The van der Waals surface area contributed by atoms with Gasteiger partial charge >= 0.3 is 12.1 Å². The molecule has 18 heteroatoms. The lowest BCUT2D eigenvalue weighted by atomic mass is 10.2. The number of likely N-dealkylation sites (tertiary alicyclic amines) is 1. The van der Waals surface area contributed by atoms with Gasteiger partial charge in [0.1, 0.15) is 18.7 Å². The van der Waals surface area contributed by atoms with Crippen LogP contribution in [0.3, 0.4) is 0 Å². The van der Waals surface area contributed by atoms with Crippen molar-refractivity contribution in [3.63, 3.8) is 0 Å². The summed E-state index contributed by atoms with van der Waals surface area (Å²) < 4.78 is 31.9. The Morgan fingerprint density at radius 3 is 2.51 bits per heavy atom. The second-order valence-corrected chi connectivity index (χ2v) is 12.2. The molecule has 0 aromatic carbocycles. The van der Waals surface area contributed by atoms with Crippen molar-refractivity contribution in [2.24, 2.45) is 5.73 Å². The first-order valence-electron chi connectivity index (χ1n) is 13.1. The van der Waals surface area contributed by atoms with Gasteiger partial charge in [-0.15, -0.1) is 0 Å². The van der Waals surface area contributed by atoms with Crippen molar-refractivity contribution in [3.05, 3.63) is 29.6 Å². The van der Waals surface area contributed by atoms with Crippen molar-refractivity contribution in [2.75, 3.05) is 24.7 Å². The van der Waals surface area contributed by atoms with Gasteiger partial charge in [-0.1, -0.05) is 21.6 Å². The molecule has 43 heavy (non-hydrogen) atoms. The zero-order valence-electron chi connectivity index (χ0n) is 23.5. The molecule has 1 aliphatic heterocycles. The highest BCUT2D eigenvalue weighted by Gasteiger charge is 2.45. The van der Waals surface area contributed by atoms with Gasteiger partial charge in [-0.3, -0.25) is 24.2 Å². The average Bonchev–Trinajstić information content (AvgIpc) is 3.22. The normalized spacial score (nSPS) is 16.9. The Balaban J connectivity index is 1.76. The van der Waals surface area contributed by atoms with Crippen molar-refractivity contribution in [1.82, 2.24) is 25.8 Å². The van der Waals surface area contributed by atoms with E-state index in [4.69, 9.17) is 5.73 Å². The first kappa shape index (κ1) is 35.5. The number of aromatic nitrogens is 1. The third kappa shape index (κ3) is 12.6. The second kappa shape index (κ2) is 16.8. The molecule has 1 aliphatic rings. The van der Waals surface area contributed by atoms with Crippen LogP contribution in [-0.2, 0) is 30.5 Å². The lowest BCUT2D eigenvalue weighted by Gasteiger charge is -2.25. The van der Waals surface area contributed by atoms with Crippen LogP contribution >= 0.6 is 21.6 Å². The summed E-state index contributed by atoms with van der Waals surface area (Å²) in [5.74, 6) is -6.23. The number of halogens is 2. The molecule has 1 aromatic rings. The monoisotopic (exact) mass is 648 g/mol. The molecule has 14 nitrogen and oxygen atoms in total. The molecule has 2 heterocycles. The molecule has 0 saturated carbocycles. The SMILES string of the molecule is C[C@@H]1CC(F)(F)CN1C(=O)[C@@H](C)NC(=O)c1ccnc(CNC(=O)CCC(=O)NC(CSSCCOC(N)=O)C(=O)O)c1. The number of alkyl halides is 2. The predicted octanol–water partition coefficient (Wildman–Crippen LogP) is 0.899. The van der Waals surface area contributed by atoms with E-state index in [1.54, 1.807) is 0 Å². The minimum Gasteiger partial charge on any atom is -0.480 e. The van der Waals surface area contributed by atoms with E-state index in [9.17, 15) is 42.7 Å². The number of nitrogens with two attached hydrogens (primary N) is 1. The first-order valence-corrected chi connectivity index (χ1v) is 15.6. The van der Waals surface area contributed by atoms with Gasteiger partial charge in [-0.2, -0.15) is 0 Å². The van der Waals surface area contributed by atoms with Crippen LogP contribution in [0.25, 0.3) is 0 Å². The Hall–Kier alpha value is -3.67. The number of hydrogen-bond donors (Lipinski definition) is 5. The largest absolute Gasteiger partial charge is 0.480 e. The number of nitrogens with zero attached hydrogens (tertiary/aromatic N) is 2. The zero-order valence-corrected chi connectivity index (χ0v) is 25.1. The van der Waals surface area contributed by atoms with E-state index in [1.807, 2.05) is 0 Å². The number of aliphatic carboxylic acids is 1. The molecular weight excluding hydrogens is 614 g/mol. The number of carbonyl (C=O) groups excluding carboxylic acids is 5. The Morgan fingerprint density at radius 1 is 1.19 bits per heavy atom. The molecule has 1 unspecified atom stereocenters. The van der Waals surface area contributed by atoms with Crippen molar-refractivity contribution < 1.29 is 47.4 Å². The highest BCUT2D eigenvalue weighted by molar-refractivity contribution is 8.76. The van der Waals surface area contributed by atoms with Gasteiger partial charge in [-0.05, 0) is 26.0 Å². The highest BCUT2D eigenvalue weighted by atomic mass is 33.1. The van der Waals surface area contributed by atoms with Crippen LogP contribution in [0.2, 0.25) is 0 Å². The van der Waals surface area contributed by atoms with Gasteiger partial charge in [0.15, 0.2) is 0 Å². The molecule has 5 amide bonds. The van der Waals surface area contributed by atoms with Crippen LogP contribution in [0.1, 0.15) is 49.2 Å². The Morgan fingerprint density at radius 2 is 1.88 bits per heavy atom. The lowest BCUT2D eigenvalue weighted by Crippen LogP contribution is -2.48. The Kier molecular flexibility index (Phi) is 13.9. The maximum atomic E-state index is 13.7. The fourth-order valence-corrected chi connectivity index (χ4v) is 5.89. The average molecular weight is 649 g/mol. The molecule has 238 valence electrons. The van der Waals surface area contributed by atoms with Crippen molar-refractivity contribution in [3.8, 4) is 0 Å². The van der Waals surface area contributed by atoms with E-state index >= 15 is 0 Å². The van der Waals surface area contributed by atoms with Gasteiger partial charge < -0.3 is 36.4 Å². The lowest BCUT2D eigenvalue weighted by molar-refractivity contribution is -0.141. The molecule has 1 aromatic heterocycles. The summed E-state index contributed by atoms with van der Waals surface area (Å²) in [6, 6.07) is -0.125. The first-order chi connectivity index (χ1) is 20.2. The maximum Gasteiger partial charge on any atom is 0.404 e. The van der Waals surface area contributed by atoms with Crippen LogP contribution in [0.5, 0.6) is 0 Å². The van der Waals surface area contributed by atoms with Crippen LogP contribution in [0.15, 0.2) is 18.3 Å². The number of primary amides is 1. The fraction of sp³-hybridized carbons (Fsp3) is 0.560. The van der Waals surface area contributed by atoms with E-state index in [-0.39, 0.29) is 37.3 Å². The number of carboxylic acid groups (broad SMARTS) is 1. The minimum atomic E-state index is -2.97. The van der Waals surface area contributed by atoms with Gasteiger partial charge in [-0.25, -0.2) is 18.4 Å². The second-order valence-electron chi connectivity index (χ2n) is 9.62. The highest BCUT2D eigenvalue weighted by Crippen LogP contribution is 2.32. The number of ether oxygens (including phenoxy) is 1. The van der Waals surface area contributed by atoms with E-state index in [2.05, 4.69) is 25.7 Å². The Bertz CT molecular complexity index is 1190. The number of rotatable bonds is 16. The van der Waals surface area contributed by atoms with Crippen LogP contribution < -0.4 is 21.7 Å². The summed E-state index contributed by atoms with van der Waals surface area (Å²) in [5.41, 5.74) is 5.28. The number of nitrogens with one attached hydrogen (secondary N) is 3. The van der Waals surface area contributed by atoms with Crippen molar-refractivity contribution in [1.29, 1.82) is 0 Å². The smallest absolute Gasteiger partial charge is 0.404 e. The predicted molar refractivity (Wildman–Crippen MR) is 153 cm³/mol. The number of amides is 5. The minimum absolute atomic E-state index is 0.0321. The summed E-state index contributed by atoms with van der Waals surface area (Å²) in [6.07, 6.45) is -0.540. The summed E-state index contributed by atoms with van der Waals surface area (Å²) in [7, 11) is 2.39. The summed E-state index contributed by atoms with van der Waals surface area (Å²) in [5, 5.41) is 16.7. The maximum absolute atomic E-state index is 13.7. The van der Waals surface area contributed by atoms with Gasteiger partial charge in [0, 0.05) is 48.6 Å². The summed E-state index contributed by atoms with van der Waals surface area (Å²) in [4.78, 5) is 76.7. The van der Waals surface area contributed by atoms with E-state index in [1.165, 1.54) is 43.0 Å². The number of carboxylic acids is 1. The van der Waals surface area contributed by atoms with Crippen LogP contribution in [-0.4, -0.2) is 99.4 Å². The van der Waals surface area contributed by atoms with E-state index in [0.717, 1.165) is 15.7 Å². The molecular formula is C25H34F2N6O8S2. The Labute approximate surface area is 254 Å². The molecule has 0 bridgehead atoms.